The van der Waals surface area contributed by atoms with Crippen LogP contribution in [0, 0.1) is 0 Å². The van der Waals surface area contributed by atoms with Crippen molar-refractivity contribution in [1.29, 1.82) is 0 Å². The molecule has 3 N–H and O–H groups in total. The lowest BCUT2D eigenvalue weighted by Gasteiger charge is -2.33. The van der Waals surface area contributed by atoms with E-state index in [2.05, 4.69) is 4.74 Å². The molecular formula is C8H16ClNO4. The Labute approximate surface area is 89.0 Å². The van der Waals surface area contributed by atoms with E-state index in [0.29, 0.717) is 12.8 Å². The number of hydrogen-bond acceptors (Lipinski definition) is 5. The molecule has 0 bridgehead atoms. The quantitative estimate of drug-likeness (QED) is 0.617. The fourth-order valence-electron chi connectivity index (χ4n) is 1.35. The zero-order chi connectivity index (χ0) is 9.90. The molecule has 0 spiro atoms. The highest BCUT2D eigenvalue weighted by Gasteiger charge is 2.39. The second kappa shape index (κ2) is 5.50. The van der Waals surface area contributed by atoms with Crippen molar-refractivity contribution in [1.82, 2.24) is 0 Å². The van der Waals surface area contributed by atoms with Gasteiger partial charge < -0.3 is 20.3 Å². The van der Waals surface area contributed by atoms with Crippen molar-refractivity contribution in [3.63, 3.8) is 0 Å². The smallest absolute Gasteiger partial charge is 0.328 e. The Hall–Kier alpha value is -0.360. The van der Waals surface area contributed by atoms with Gasteiger partial charge in [0.2, 0.25) is 0 Å². The molecule has 0 aliphatic carbocycles. The van der Waals surface area contributed by atoms with Crippen LogP contribution in [-0.2, 0) is 14.3 Å². The highest BCUT2D eigenvalue weighted by molar-refractivity contribution is 5.85. The molecule has 0 aromatic rings. The van der Waals surface area contributed by atoms with E-state index in [4.69, 9.17) is 15.6 Å². The summed E-state index contributed by atoms with van der Waals surface area (Å²) in [5.41, 5.74) is 4.72. The molecular weight excluding hydrogens is 210 g/mol. The van der Waals surface area contributed by atoms with Crippen LogP contribution in [0.5, 0.6) is 0 Å². The maximum atomic E-state index is 11.2. The zero-order valence-electron chi connectivity index (χ0n) is 8.06. The molecule has 0 aromatic heterocycles. The third kappa shape index (κ3) is 2.81. The maximum absolute atomic E-state index is 11.2. The van der Waals surface area contributed by atoms with Crippen molar-refractivity contribution in [2.45, 2.75) is 24.5 Å². The SMILES string of the molecule is COC(=O)[C@]1(N)CC[C@@H](CO)OC1.Cl. The van der Waals surface area contributed by atoms with Crippen LogP contribution in [-0.4, -0.2) is 43.0 Å². The number of halogens is 1. The van der Waals surface area contributed by atoms with Crippen LogP contribution in [0.1, 0.15) is 12.8 Å². The van der Waals surface area contributed by atoms with E-state index in [1.807, 2.05) is 0 Å². The van der Waals surface area contributed by atoms with E-state index in [0.717, 1.165) is 0 Å². The van der Waals surface area contributed by atoms with E-state index in [9.17, 15) is 4.79 Å². The number of ether oxygens (including phenoxy) is 2. The van der Waals surface area contributed by atoms with Crippen molar-refractivity contribution >= 4 is 18.4 Å². The number of aliphatic hydroxyl groups is 1. The summed E-state index contributed by atoms with van der Waals surface area (Å²) in [7, 11) is 1.30. The first-order valence-corrected chi connectivity index (χ1v) is 4.22. The summed E-state index contributed by atoms with van der Waals surface area (Å²) >= 11 is 0. The first kappa shape index (κ1) is 13.6. The maximum Gasteiger partial charge on any atom is 0.328 e. The molecule has 6 heteroatoms. The van der Waals surface area contributed by atoms with Crippen LogP contribution in [0.3, 0.4) is 0 Å². The second-order valence-electron chi connectivity index (χ2n) is 3.30. The number of rotatable bonds is 2. The summed E-state index contributed by atoms with van der Waals surface area (Å²) in [6.07, 6.45) is 0.883. The van der Waals surface area contributed by atoms with E-state index >= 15 is 0 Å². The lowest BCUT2D eigenvalue weighted by atomic mass is 9.91. The molecule has 1 saturated heterocycles. The number of carbonyl (C=O) groups is 1. The van der Waals surface area contributed by atoms with Gasteiger partial charge in [0.15, 0.2) is 0 Å². The lowest BCUT2D eigenvalue weighted by molar-refractivity contribution is -0.155. The molecule has 2 atom stereocenters. The number of methoxy groups -OCH3 is 1. The summed E-state index contributed by atoms with van der Waals surface area (Å²) < 4.78 is 9.74. The molecule has 5 nitrogen and oxygen atoms in total. The van der Waals surface area contributed by atoms with Crippen LogP contribution in [0.15, 0.2) is 0 Å². The summed E-state index contributed by atoms with van der Waals surface area (Å²) in [6, 6.07) is 0. The Morgan fingerprint density at radius 3 is 2.79 bits per heavy atom. The van der Waals surface area contributed by atoms with Gasteiger partial charge >= 0.3 is 5.97 Å². The molecule has 1 aliphatic rings. The standard InChI is InChI=1S/C8H15NO4.ClH/c1-12-7(11)8(9)3-2-6(4-10)13-5-8;/h6,10H,2-5,9H2,1H3;1H/t6-,8-;/m0./s1. The topological polar surface area (TPSA) is 81.8 Å². The second-order valence-corrected chi connectivity index (χ2v) is 3.30. The summed E-state index contributed by atoms with van der Waals surface area (Å²) in [5, 5.41) is 8.78. The van der Waals surface area contributed by atoms with Crippen molar-refractivity contribution in [2.24, 2.45) is 5.73 Å². The van der Waals surface area contributed by atoms with Crippen molar-refractivity contribution in [2.75, 3.05) is 20.3 Å². The van der Waals surface area contributed by atoms with Gasteiger partial charge in [0, 0.05) is 0 Å². The lowest BCUT2D eigenvalue weighted by Crippen LogP contribution is -2.56. The molecule has 0 saturated carbocycles. The minimum Gasteiger partial charge on any atom is -0.468 e. The van der Waals surface area contributed by atoms with Gasteiger partial charge in [-0.05, 0) is 12.8 Å². The molecule has 1 rings (SSSR count). The molecule has 1 aliphatic heterocycles. The van der Waals surface area contributed by atoms with Crippen molar-refractivity contribution in [3.05, 3.63) is 0 Å². The summed E-state index contributed by atoms with van der Waals surface area (Å²) in [4.78, 5) is 11.2. The largest absolute Gasteiger partial charge is 0.468 e. The van der Waals surface area contributed by atoms with Gasteiger partial charge in [0.1, 0.15) is 5.54 Å². The molecule has 84 valence electrons. The Morgan fingerprint density at radius 1 is 1.79 bits per heavy atom. The first-order chi connectivity index (χ1) is 6.12. The van der Waals surface area contributed by atoms with Gasteiger partial charge in [-0.15, -0.1) is 12.4 Å². The normalized spacial score (nSPS) is 31.8. The fourth-order valence-corrected chi connectivity index (χ4v) is 1.35. The Bertz CT molecular complexity index is 192. The van der Waals surface area contributed by atoms with Gasteiger partial charge in [-0.25, -0.2) is 4.79 Å². The third-order valence-corrected chi connectivity index (χ3v) is 2.28. The number of hydrogen-bond donors (Lipinski definition) is 2. The molecule has 0 unspecified atom stereocenters. The van der Waals surface area contributed by atoms with E-state index < -0.39 is 11.5 Å². The molecule has 1 fully saturated rings. The van der Waals surface area contributed by atoms with Crippen LogP contribution in [0.2, 0.25) is 0 Å². The average Bonchev–Trinajstić information content (AvgIpc) is 2.18. The number of esters is 1. The highest BCUT2D eigenvalue weighted by Crippen LogP contribution is 2.21. The predicted octanol–water partition coefficient (Wildman–Crippen LogP) is -0.550. The number of nitrogens with two attached hydrogens (primary N) is 1. The zero-order valence-corrected chi connectivity index (χ0v) is 8.88. The summed E-state index contributed by atoms with van der Waals surface area (Å²) in [5.74, 6) is -0.455. The highest BCUT2D eigenvalue weighted by atomic mass is 35.5. The van der Waals surface area contributed by atoms with Crippen LogP contribution < -0.4 is 5.73 Å². The van der Waals surface area contributed by atoms with Gasteiger partial charge in [-0.1, -0.05) is 0 Å². The van der Waals surface area contributed by atoms with Gasteiger partial charge in [-0.3, -0.25) is 0 Å². The fraction of sp³-hybridized carbons (Fsp3) is 0.875. The summed E-state index contributed by atoms with van der Waals surface area (Å²) in [6.45, 7) is 0.0855. The van der Waals surface area contributed by atoms with Crippen LogP contribution >= 0.6 is 12.4 Å². The van der Waals surface area contributed by atoms with E-state index in [1.165, 1.54) is 7.11 Å². The van der Waals surface area contributed by atoms with Crippen LogP contribution in [0.4, 0.5) is 0 Å². The van der Waals surface area contributed by atoms with Gasteiger partial charge in [0.05, 0.1) is 26.4 Å². The first-order valence-electron chi connectivity index (χ1n) is 4.22. The minimum atomic E-state index is -1.03. The molecule has 14 heavy (non-hydrogen) atoms. The Morgan fingerprint density at radius 2 is 2.43 bits per heavy atom. The van der Waals surface area contributed by atoms with E-state index in [-0.39, 0.29) is 31.7 Å². The predicted molar refractivity (Wildman–Crippen MR) is 52.2 cm³/mol. The number of aliphatic hydroxyl groups excluding tert-OH is 1. The Balaban J connectivity index is 0.00000169. The molecule has 0 amide bonds. The van der Waals surface area contributed by atoms with Gasteiger partial charge in [-0.2, -0.15) is 0 Å². The molecule has 0 aromatic carbocycles. The third-order valence-electron chi connectivity index (χ3n) is 2.28. The number of carbonyl (C=O) groups excluding carboxylic acids is 1. The average molecular weight is 226 g/mol. The van der Waals surface area contributed by atoms with Crippen LogP contribution in [0.25, 0.3) is 0 Å². The van der Waals surface area contributed by atoms with Crippen molar-refractivity contribution < 1.29 is 19.4 Å². The van der Waals surface area contributed by atoms with Gasteiger partial charge in [0.25, 0.3) is 0 Å². The molecule has 0 radical (unpaired) electrons. The Kier molecular flexibility index (Phi) is 5.36. The monoisotopic (exact) mass is 225 g/mol. The van der Waals surface area contributed by atoms with E-state index in [1.54, 1.807) is 0 Å². The minimum absolute atomic E-state index is 0. The van der Waals surface area contributed by atoms with Crippen molar-refractivity contribution in [3.8, 4) is 0 Å². The molecule has 1 heterocycles.